The first-order valence-electron chi connectivity index (χ1n) is 7.81. The Morgan fingerprint density at radius 3 is 2.64 bits per heavy atom. The molecule has 2 rings (SSSR count). The van der Waals surface area contributed by atoms with Crippen molar-refractivity contribution in [2.24, 2.45) is 5.92 Å². The summed E-state index contributed by atoms with van der Waals surface area (Å²) < 4.78 is 11.0. The van der Waals surface area contributed by atoms with Crippen LogP contribution in [-0.4, -0.2) is 43.7 Å². The van der Waals surface area contributed by atoms with Crippen LogP contribution in [0.5, 0.6) is 5.75 Å². The molecule has 0 N–H and O–H groups in total. The molecule has 1 fully saturated rings. The summed E-state index contributed by atoms with van der Waals surface area (Å²) in [6, 6.07) is 7.05. The largest absolute Gasteiger partial charge is 0.481 e. The van der Waals surface area contributed by atoms with Gasteiger partial charge in [-0.3, -0.25) is 4.79 Å². The number of carbonyl (C=O) groups is 1. The van der Waals surface area contributed by atoms with Crippen LogP contribution in [0.1, 0.15) is 26.2 Å². The van der Waals surface area contributed by atoms with Crippen LogP contribution in [-0.2, 0) is 9.53 Å². The fourth-order valence-corrected chi connectivity index (χ4v) is 2.73. The van der Waals surface area contributed by atoms with E-state index in [0.717, 1.165) is 39.0 Å². The van der Waals surface area contributed by atoms with Gasteiger partial charge in [-0.15, -0.1) is 0 Å². The molecule has 1 unspecified atom stereocenters. The van der Waals surface area contributed by atoms with Gasteiger partial charge in [-0.2, -0.15) is 0 Å². The first kappa shape index (κ1) is 17.1. The number of hydrogen-bond donors (Lipinski definition) is 0. The molecule has 22 heavy (non-hydrogen) atoms. The van der Waals surface area contributed by atoms with E-state index in [-0.39, 0.29) is 5.91 Å². The SMILES string of the molecule is CC(Oc1ccc(Cl)cc1)C(=O)N(C)CCC1CCOCC1. The van der Waals surface area contributed by atoms with Crippen molar-refractivity contribution < 1.29 is 14.3 Å². The van der Waals surface area contributed by atoms with Gasteiger partial charge in [0, 0.05) is 31.8 Å². The van der Waals surface area contributed by atoms with Gasteiger partial charge in [-0.05, 0) is 56.4 Å². The molecule has 5 heteroatoms. The maximum Gasteiger partial charge on any atom is 0.263 e. The summed E-state index contributed by atoms with van der Waals surface area (Å²) >= 11 is 5.84. The van der Waals surface area contributed by atoms with Crippen LogP contribution in [0, 0.1) is 5.92 Å². The third-order valence-corrected chi connectivity index (χ3v) is 4.32. The van der Waals surface area contributed by atoms with Crippen LogP contribution in [0.2, 0.25) is 5.02 Å². The Bertz CT molecular complexity index is 471. The van der Waals surface area contributed by atoms with Crippen molar-refractivity contribution in [2.45, 2.75) is 32.3 Å². The summed E-state index contributed by atoms with van der Waals surface area (Å²) in [6.07, 6.45) is 2.72. The number of carbonyl (C=O) groups excluding carboxylic acids is 1. The van der Waals surface area contributed by atoms with E-state index >= 15 is 0 Å². The Hall–Kier alpha value is -1.26. The fraction of sp³-hybridized carbons (Fsp3) is 0.588. The Morgan fingerprint density at radius 2 is 2.00 bits per heavy atom. The minimum atomic E-state index is -0.499. The topological polar surface area (TPSA) is 38.8 Å². The lowest BCUT2D eigenvalue weighted by Gasteiger charge is -2.26. The Kier molecular flexibility index (Phi) is 6.52. The van der Waals surface area contributed by atoms with Crippen molar-refractivity contribution in [3.63, 3.8) is 0 Å². The Labute approximate surface area is 137 Å². The van der Waals surface area contributed by atoms with E-state index in [1.807, 2.05) is 7.05 Å². The van der Waals surface area contributed by atoms with E-state index in [2.05, 4.69) is 0 Å². The molecule has 1 atom stereocenters. The van der Waals surface area contributed by atoms with Gasteiger partial charge in [0.15, 0.2) is 6.10 Å². The van der Waals surface area contributed by atoms with Crippen molar-refractivity contribution in [3.05, 3.63) is 29.3 Å². The second-order valence-corrected chi connectivity index (χ2v) is 6.25. The Morgan fingerprint density at radius 1 is 1.36 bits per heavy atom. The monoisotopic (exact) mass is 325 g/mol. The highest BCUT2D eigenvalue weighted by Crippen LogP contribution is 2.20. The average molecular weight is 326 g/mol. The van der Waals surface area contributed by atoms with Crippen LogP contribution in [0.4, 0.5) is 0 Å². The minimum absolute atomic E-state index is 0.00186. The van der Waals surface area contributed by atoms with Gasteiger partial charge in [0.1, 0.15) is 5.75 Å². The predicted molar refractivity (Wildman–Crippen MR) is 87.3 cm³/mol. The summed E-state index contributed by atoms with van der Waals surface area (Å²) in [5.74, 6) is 1.32. The molecule has 1 aromatic carbocycles. The fourth-order valence-electron chi connectivity index (χ4n) is 2.60. The smallest absolute Gasteiger partial charge is 0.263 e. The number of halogens is 1. The molecule has 1 saturated heterocycles. The molecule has 1 aromatic rings. The molecule has 0 aliphatic carbocycles. The summed E-state index contributed by atoms with van der Waals surface area (Å²) in [4.78, 5) is 14.1. The number of hydrogen-bond acceptors (Lipinski definition) is 3. The molecule has 1 heterocycles. The molecule has 1 aliphatic rings. The van der Waals surface area contributed by atoms with Crippen molar-refractivity contribution in [2.75, 3.05) is 26.8 Å². The van der Waals surface area contributed by atoms with Gasteiger partial charge in [0.25, 0.3) is 5.91 Å². The van der Waals surface area contributed by atoms with Gasteiger partial charge in [0.2, 0.25) is 0 Å². The van der Waals surface area contributed by atoms with Crippen LogP contribution in [0.25, 0.3) is 0 Å². The number of amides is 1. The molecule has 122 valence electrons. The minimum Gasteiger partial charge on any atom is -0.481 e. The summed E-state index contributed by atoms with van der Waals surface area (Å²) in [7, 11) is 1.84. The van der Waals surface area contributed by atoms with Crippen LogP contribution in [0.15, 0.2) is 24.3 Å². The van der Waals surface area contributed by atoms with Gasteiger partial charge < -0.3 is 14.4 Å². The molecule has 1 aliphatic heterocycles. The molecule has 0 aromatic heterocycles. The number of benzene rings is 1. The number of likely N-dealkylation sites (N-methyl/N-ethyl adjacent to an activating group) is 1. The highest BCUT2D eigenvalue weighted by atomic mass is 35.5. The molecule has 1 amide bonds. The third-order valence-electron chi connectivity index (χ3n) is 4.06. The van der Waals surface area contributed by atoms with E-state index in [9.17, 15) is 4.79 Å². The predicted octanol–water partition coefficient (Wildman–Crippen LogP) is 3.38. The van der Waals surface area contributed by atoms with Crippen molar-refractivity contribution in [1.29, 1.82) is 0 Å². The highest BCUT2D eigenvalue weighted by Gasteiger charge is 2.21. The van der Waals surface area contributed by atoms with Gasteiger partial charge in [-0.25, -0.2) is 0 Å². The molecular formula is C17H24ClNO3. The van der Waals surface area contributed by atoms with E-state index in [4.69, 9.17) is 21.1 Å². The molecule has 4 nitrogen and oxygen atoms in total. The first-order valence-corrected chi connectivity index (χ1v) is 8.19. The van der Waals surface area contributed by atoms with Crippen molar-refractivity contribution in [1.82, 2.24) is 4.90 Å². The average Bonchev–Trinajstić information content (AvgIpc) is 2.55. The lowest BCUT2D eigenvalue weighted by molar-refractivity contribution is -0.136. The van der Waals surface area contributed by atoms with E-state index in [0.29, 0.717) is 16.7 Å². The number of ether oxygens (including phenoxy) is 2. The highest BCUT2D eigenvalue weighted by molar-refractivity contribution is 6.30. The van der Waals surface area contributed by atoms with Gasteiger partial charge in [0.05, 0.1) is 0 Å². The quantitative estimate of drug-likeness (QED) is 0.804. The second-order valence-electron chi connectivity index (χ2n) is 5.82. The summed E-state index contributed by atoms with van der Waals surface area (Å²) in [6.45, 7) is 4.23. The molecule has 0 saturated carbocycles. The maximum absolute atomic E-state index is 12.3. The third kappa shape index (κ3) is 5.18. The molecule has 0 bridgehead atoms. The van der Waals surface area contributed by atoms with E-state index in [1.54, 1.807) is 36.1 Å². The van der Waals surface area contributed by atoms with Crippen molar-refractivity contribution >= 4 is 17.5 Å². The Balaban J connectivity index is 1.77. The standard InChI is InChI=1S/C17H24ClNO3/c1-13(22-16-5-3-15(18)4-6-16)17(20)19(2)10-7-14-8-11-21-12-9-14/h3-6,13-14H,7-12H2,1-2H3. The first-order chi connectivity index (χ1) is 10.6. The lowest BCUT2D eigenvalue weighted by Crippen LogP contribution is -2.39. The van der Waals surface area contributed by atoms with Crippen LogP contribution >= 0.6 is 11.6 Å². The summed E-state index contributed by atoms with van der Waals surface area (Å²) in [5.41, 5.74) is 0. The molecule has 0 spiro atoms. The summed E-state index contributed by atoms with van der Waals surface area (Å²) in [5, 5.41) is 0.653. The number of rotatable bonds is 6. The zero-order valence-corrected chi connectivity index (χ0v) is 14.0. The molecular weight excluding hydrogens is 302 g/mol. The zero-order chi connectivity index (χ0) is 15.9. The second kappa shape index (κ2) is 8.39. The van der Waals surface area contributed by atoms with Gasteiger partial charge >= 0.3 is 0 Å². The van der Waals surface area contributed by atoms with E-state index in [1.165, 1.54) is 0 Å². The zero-order valence-electron chi connectivity index (χ0n) is 13.3. The lowest BCUT2D eigenvalue weighted by atomic mass is 9.96. The number of nitrogens with zero attached hydrogens (tertiary/aromatic N) is 1. The normalized spacial score (nSPS) is 17.0. The van der Waals surface area contributed by atoms with Crippen molar-refractivity contribution in [3.8, 4) is 5.75 Å². The maximum atomic E-state index is 12.3. The van der Waals surface area contributed by atoms with Crippen LogP contribution in [0.3, 0.4) is 0 Å². The van der Waals surface area contributed by atoms with E-state index < -0.39 is 6.10 Å². The molecule has 0 radical (unpaired) electrons. The van der Waals surface area contributed by atoms with Gasteiger partial charge in [-0.1, -0.05) is 11.6 Å². The van der Waals surface area contributed by atoms with Crippen LogP contribution < -0.4 is 4.74 Å².